The van der Waals surface area contributed by atoms with Crippen LogP contribution in [0.1, 0.15) is 70.6 Å². The van der Waals surface area contributed by atoms with Gasteiger partial charge in [-0.05, 0) is 49.9 Å². The van der Waals surface area contributed by atoms with Crippen molar-refractivity contribution in [3.8, 4) is 0 Å². The topological polar surface area (TPSA) is 61.8 Å². The van der Waals surface area contributed by atoms with Crippen molar-refractivity contribution in [2.45, 2.75) is 88.0 Å². The van der Waals surface area contributed by atoms with Crippen molar-refractivity contribution in [2.75, 3.05) is 5.32 Å². The zero-order valence-corrected chi connectivity index (χ0v) is 18.1. The third-order valence-electron chi connectivity index (χ3n) is 6.27. The van der Waals surface area contributed by atoms with Crippen LogP contribution in [0.2, 0.25) is 0 Å². The standard InChI is InChI=1S/C23H30FN3O2S/c24-16-11-13-18(14-12-16)25-21(28)15-20-22(29)27(19-9-5-2-6-10-19)23(30-20)26-17-7-3-1-4-8-17/h11-14,17,19-20H,1-10,15H2,(H,25,28)/t20-/m1/s1. The number of amides is 2. The van der Waals surface area contributed by atoms with Gasteiger partial charge in [-0.15, -0.1) is 0 Å². The molecule has 30 heavy (non-hydrogen) atoms. The zero-order valence-electron chi connectivity index (χ0n) is 17.3. The number of thioether (sulfide) groups is 1. The zero-order chi connectivity index (χ0) is 20.9. The van der Waals surface area contributed by atoms with E-state index in [1.165, 1.54) is 61.7 Å². The van der Waals surface area contributed by atoms with Gasteiger partial charge >= 0.3 is 0 Å². The number of carbonyl (C=O) groups is 2. The molecule has 1 aromatic carbocycles. The van der Waals surface area contributed by atoms with Gasteiger partial charge in [0.1, 0.15) is 11.1 Å². The number of carbonyl (C=O) groups excluding carboxylic acids is 2. The molecule has 1 aliphatic heterocycles. The molecule has 0 unspecified atom stereocenters. The molecule has 2 amide bonds. The Bertz CT molecular complexity index is 786. The molecule has 0 spiro atoms. The summed E-state index contributed by atoms with van der Waals surface area (Å²) in [6.07, 6.45) is 11.5. The van der Waals surface area contributed by atoms with Crippen molar-refractivity contribution >= 4 is 34.4 Å². The van der Waals surface area contributed by atoms with E-state index in [2.05, 4.69) is 5.32 Å². The summed E-state index contributed by atoms with van der Waals surface area (Å²) in [5.74, 6) is -0.549. The van der Waals surface area contributed by atoms with Crippen LogP contribution in [0.4, 0.5) is 10.1 Å². The van der Waals surface area contributed by atoms with E-state index in [0.717, 1.165) is 43.7 Å². The molecule has 0 aromatic heterocycles. The van der Waals surface area contributed by atoms with Crippen LogP contribution < -0.4 is 5.32 Å². The smallest absolute Gasteiger partial charge is 0.242 e. The molecule has 5 nitrogen and oxygen atoms in total. The maximum Gasteiger partial charge on any atom is 0.242 e. The number of amidine groups is 1. The van der Waals surface area contributed by atoms with Gasteiger partial charge in [-0.1, -0.05) is 50.3 Å². The average molecular weight is 432 g/mol. The second kappa shape index (κ2) is 9.94. The van der Waals surface area contributed by atoms with E-state index in [0.29, 0.717) is 11.7 Å². The molecule has 2 saturated carbocycles. The molecule has 4 rings (SSSR count). The summed E-state index contributed by atoms with van der Waals surface area (Å²) in [5.41, 5.74) is 0.539. The number of hydrogen-bond donors (Lipinski definition) is 1. The molecule has 162 valence electrons. The molecule has 0 radical (unpaired) electrons. The largest absolute Gasteiger partial charge is 0.326 e. The summed E-state index contributed by atoms with van der Waals surface area (Å²) in [7, 11) is 0. The number of nitrogens with zero attached hydrogens (tertiary/aromatic N) is 2. The monoisotopic (exact) mass is 431 g/mol. The van der Waals surface area contributed by atoms with Gasteiger partial charge in [-0.2, -0.15) is 0 Å². The number of rotatable bonds is 5. The van der Waals surface area contributed by atoms with Crippen LogP contribution in [-0.4, -0.2) is 39.2 Å². The second-order valence-electron chi connectivity index (χ2n) is 8.57. The molecule has 7 heteroatoms. The number of nitrogens with one attached hydrogen (secondary N) is 1. The number of hydrogen-bond acceptors (Lipinski definition) is 4. The van der Waals surface area contributed by atoms with E-state index in [-0.39, 0.29) is 30.1 Å². The Morgan fingerprint density at radius 3 is 2.33 bits per heavy atom. The maximum atomic E-state index is 13.3. The van der Waals surface area contributed by atoms with E-state index in [4.69, 9.17) is 4.99 Å². The highest BCUT2D eigenvalue weighted by Crippen LogP contribution is 2.36. The molecule has 3 fully saturated rings. The lowest BCUT2D eigenvalue weighted by atomic mass is 9.94. The first-order chi connectivity index (χ1) is 14.6. The third-order valence-corrected chi connectivity index (χ3v) is 7.44. The summed E-state index contributed by atoms with van der Waals surface area (Å²) in [6.45, 7) is 0. The Labute approximate surface area is 181 Å². The van der Waals surface area contributed by atoms with Crippen LogP contribution in [0.5, 0.6) is 0 Å². The van der Waals surface area contributed by atoms with E-state index >= 15 is 0 Å². The minimum atomic E-state index is -0.435. The van der Waals surface area contributed by atoms with Crippen molar-refractivity contribution < 1.29 is 14.0 Å². The van der Waals surface area contributed by atoms with Crippen LogP contribution in [0.25, 0.3) is 0 Å². The van der Waals surface area contributed by atoms with Crippen LogP contribution in [0, 0.1) is 5.82 Å². The number of benzene rings is 1. The Morgan fingerprint density at radius 1 is 1.03 bits per heavy atom. The van der Waals surface area contributed by atoms with Gasteiger partial charge in [0, 0.05) is 18.2 Å². The predicted molar refractivity (Wildman–Crippen MR) is 119 cm³/mol. The highest BCUT2D eigenvalue weighted by atomic mass is 32.2. The molecule has 1 N–H and O–H groups in total. The van der Waals surface area contributed by atoms with E-state index in [9.17, 15) is 14.0 Å². The maximum absolute atomic E-state index is 13.3. The number of anilines is 1. The quantitative estimate of drug-likeness (QED) is 0.704. The Morgan fingerprint density at radius 2 is 1.67 bits per heavy atom. The molecule has 1 heterocycles. The first-order valence-corrected chi connectivity index (χ1v) is 12.1. The third kappa shape index (κ3) is 5.23. The summed E-state index contributed by atoms with van der Waals surface area (Å²) in [6, 6.07) is 6.19. The molecule has 1 atom stereocenters. The molecule has 1 aromatic rings. The summed E-state index contributed by atoms with van der Waals surface area (Å²) >= 11 is 1.46. The van der Waals surface area contributed by atoms with Gasteiger partial charge in [0.05, 0.1) is 6.04 Å². The first-order valence-electron chi connectivity index (χ1n) is 11.2. The summed E-state index contributed by atoms with van der Waals surface area (Å²) in [4.78, 5) is 32.8. The lowest BCUT2D eigenvalue weighted by molar-refractivity contribution is -0.130. The lowest BCUT2D eigenvalue weighted by Crippen LogP contribution is -2.43. The SMILES string of the molecule is O=C(C[C@H]1SC(=NC2CCCCC2)N(C2CCCCC2)C1=O)Nc1ccc(F)cc1. The fourth-order valence-corrected chi connectivity index (χ4v) is 5.93. The number of halogens is 1. The van der Waals surface area contributed by atoms with Gasteiger partial charge in [0.2, 0.25) is 11.8 Å². The average Bonchev–Trinajstić information content (AvgIpc) is 3.05. The first kappa shape index (κ1) is 21.3. The van der Waals surface area contributed by atoms with Crippen molar-refractivity contribution in [3.63, 3.8) is 0 Å². The lowest BCUT2D eigenvalue weighted by Gasteiger charge is -2.31. The fourth-order valence-electron chi connectivity index (χ4n) is 4.66. The summed E-state index contributed by atoms with van der Waals surface area (Å²) < 4.78 is 13.1. The van der Waals surface area contributed by atoms with Gasteiger partial charge in [-0.3, -0.25) is 19.5 Å². The highest BCUT2D eigenvalue weighted by Gasteiger charge is 2.43. The normalized spacial score (nSPS) is 25.1. The fraction of sp³-hybridized carbons (Fsp3) is 0.609. The van der Waals surface area contributed by atoms with Gasteiger partial charge in [0.15, 0.2) is 5.17 Å². The van der Waals surface area contributed by atoms with Gasteiger partial charge < -0.3 is 5.32 Å². The molecule has 0 bridgehead atoms. The molecule has 3 aliphatic rings. The van der Waals surface area contributed by atoms with E-state index in [1.807, 2.05) is 4.90 Å². The van der Waals surface area contributed by atoms with Crippen molar-refractivity contribution in [3.05, 3.63) is 30.1 Å². The molecular weight excluding hydrogens is 401 g/mol. The highest BCUT2D eigenvalue weighted by molar-refractivity contribution is 8.15. The second-order valence-corrected chi connectivity index (χ2v) is 9.74. The number of aliphatic imine (C=N–C) groups is 1. The van der Waals surface area contributed by atoms with Crippen LogP contribution in [-0.2, 0) is 9.59 Å². The van der Waals surface area contributed by atoms with Crippen molar-refractivity contribution in [1.82, 2.24) is 4.90 Å². The van der Waals surface area contributed by atoms with Gasteiger partial charge in [0.25, 0.3) is 0 Å². The van der Waals surface area contributed by atoms with Crippen LogP contribution >= 0.6 is 11.8 Å². The molecule has 2 aliphatic carbocycles. The minimum Gasteiger partial charge on any atom is -0.326 e. The Hall–Kier alpha value is -1.89. The Balaban J connectivity index is 1.46. The predicted octanol–water partition coefficient (Wildman–Crippen LogP) is 5.12. The van der Waals surface area contributed by atoms with E-state index in [1.54, 1.807) is 0 Å². The summed E-state index contributed by atoms with van der Waals surface area (Å²) in [5, 5.41) is 3.17. The van der Waals surface area contributed by atoms with Crippen molar-refractivity contribution in [2.24, 2.45) is 4.99 Å². The van der Waals surface area contributed by atoms with Gasteiger partial charge in [-0.25, -0.2) is 4.39 Å². The van der Waals surface area contributed by atoms with Crippen LogP contribution in [0.3, 0.4) is 0 Å². The minimum absolute atomic E-state index is 0.0238. The van der Waals surface area contributed by atoms with E-state index < -0.39 is 5.25 Å². The van der Waals surface area contributed by atoms with Crippen LogP contribution in [0.15, 0.2) is 29.3 Å². The Kier molecular flexibility index (Phi) is 7.08. The molecule has 1 saturated heterocycles. The molecular formula is C23H30FN3O2S. The van der Waals surface area contributed by atoms with Crippen molar-refractivity contribution in [1.29, 1.82) is 0 Å².